The van der Waals surface area contributed by atoms with Gasteiger partial charge in [0.15, 0.2) is 0 Å². The van der Waals surface area contributed by atoms with Gasteiger partial charge in [-0.1, -0.05) is 19.1 Å². The molecule has 0 fully saturated rings. The summed E-state index contributed by atoms with van der Waals surface area (Å²) in [5, 5.41) is 4.09. The van der Waals surface area contributed by atoms with Crippen LogP contribution < -0.4 is 5.32 Å². The monoisotopic (exact) mass is 165 g/mol. The highest BCUT2D eigenvalue weighted by atomic mass is 32.2. The first-order valence-corrected chi connectivity index (χ1v) is 4.74. The van der Waals surface area contributed by atoms with Gasteiger partial charge in [0.25, 0.3) is 0 Å². The van der Waals surface area contributed by atoms with Crippen molar-refractivity contribution in [1.29, 1.82) is 0 Å². The Morgan fingerprint density at radius 3 is 3.18 bits per heavy atom. The van der Waals surface area contributed by atoms with Crippen LogP contribution in [0.15, 0.2) is 29.2 Å². The van der Waals surface area contributed by atoms with Crippen LogP contribution in [0.1, 0.15) is 6.92 Å². The SMILES string of the molecule is C[C@@H]1CNc2ccccc2S1. The van der Waals surface area contributed by atoms with E-state index in [1.807, 2.05) is 11.8 Å². The Morgan fingerprint density at radius 1 is 1.45 bits per heavy atom. The van der Waals surface area contributed by atoms with Crippen molar-refractivity contribution >= 4 is 17.4 Å². The van der Waals surface area contributed by atoms with E-state index in [1.165, 1.54) is 10.6 Å². The van der Waals surface area contributed by atoms with Crippen LogP contribution >= 0.6 is 11.8 Å². The van der Waals surface area contributed by atoms with Crippen molar-refractivity contribution in [3.8, 4) is 0 Å². The summed E-state index contributed by atoms with van der Waals surface area (Å²) in [6.07, 6.45) is 0. The molecule has 1 aromatic rings. The van der Waals surface area contributed by atoms with Crippen molar-refractivity contribution in [2.45, 2.75) is 17.1 Å². The molecular formula is C9H11NS. The van der Waals surface area contributed by atoms with Gasteiger partial charge in [-0.3, -0.25) is 0 Å². The molecule has 1 heterocycles. The average molecular weight is 165 g/mol. The predicted molar refractivity (Wildman–Crippen MR) is 50.3 cm³/mol. The van der Waals surface area contributed by atoms with Gasteiger partial charge in [0.05, 0.1) is 0 Å². The highest BCUT2D eigenvalue weighted by Crippen LogP contribution is 2.33. The Morgan fingerprint density at radius 2 is 2.27 bits per heavy atom. The molecular weight excluding hydrogens is 154 g/mol. The highest BCUT2D eigenvalue weighted by Gasteiger charge is 2.13. The van der Waals surface area contributed by atoms with Crippen molar-refractivity contribution < 1.29 is 0 Å². The smallest absolute Gasteiger partial charge is 0.0478 e. The van der Waals surface area contributed by atoms with Gasteiger partial charge in [-0.15, -0.1) is 11.8 Å². The molecule has 1 nitrogen and oxygen atoms in total. The number of fused-ring (bicyclic) bond motifs is 1. The topological polar surface area (TPSA) is 12.0 Å². The maximum absolute atomic E-state index is 3.39. The summed E-state index contributed by atoms with van der Waals surface area (Å²) in [7, 11) is 0. The number of para-hydroxylation sites is 1. The highest BCUT2D eigenvalue weighted by molar-refractivity contribution is 8.00. The van der Waals surface area contributed by atoms with Crippen LogP contribution in [-0.2, 0) is 0 Å². The maximum Gasteiger partial charge on any atom is 0.0478 e. The molecule has 0 aromatic heterocycles. The van der Waals surface area contributed by atoms with Crippen molar-refractivity contribution in [2.24, 2.45) is 0 Å². The zero-order valence-electron chi connectivity index (χ0n) is 6.50. The van der Waals surface area contributed by atoms with E-state index in [-0.39, 0.29) is 0 Å². The van der Waals surface area contributed by atoms with Gasteiger partial charge in [-0.2, -0.15) is 0 Å². The molecule has 0 saturated heterocycles. The van der Waals surface area contributed by atoms with E-state index in [2.05, 4.69) is 36.5 Å². The lowest BCUT2D eigenvalue weighted by Crippen LogP contribution is -2.17. The molecule has 11 heavy (non-hydrogen) atoms. The molecule has 0 radical (unpaired) electrons. The Kier molecular flexibility index (Phi) is 1.78. The fraction of sp³-hybridized carbons (Fsp3) is 0.333. The zero-order valence-corrected chi connectivity index (χ0v) is 7.32. The van der Waals surface area contributed by atoms with Gasteiger partial charge >= 0.3 is 0 Å². The van der Waals surface area contributed by atoms with Crippen LogP contribution in [0.2, 0.25) is 0 Å². The second kappa shape index (κ2) is 2.78. The molecule has 0 aliphatic carbocycles. The Labute approximate surface area is 71.2 Å². The number of anilines is 1. The third kappa shape index (κ3) is 1.36. The normalized spacial score (nSPS) is 22.1. The fourth-order valence-electron chi connectivity index (χ4n) is 1.23. The molecule has 0 saturated carbocycles. The minimum Gasteiger partial charge on any atom is -0.383 e. The Balaban J connectivity index is 2.34. The first kappa shape index (κ1) is 7.04. The van der Waals surface area contributed by atoms with Gasteiger partial charge in [0.2, 0.25) is 0 Å². The standard InChI is InChI=1S/C9H11NS/c1-7-6-10-8-4-2-3-5-9(8)11-7/h2-5,7,10H,6H2,1H3/t7-/m1/s1. The first-order chi connectivity index (χ1) is 5.36. The Bertz CT molecular complexity index is 259. The molecule has 1 atom stereocenters. The second-order valence-electron chi connectivity index (χ2n) is 2.81. The van der Waals surface area contributed by atoms with Crippen molar-refractivity contribution in [2.75, 3.05) is 11.9 Å². The van der Waals surface area contributed by atoms with Crippen molar-refractivity contribution in [1.82, 2.24) is 0 Å². The second-order valence-corrected chi connectivity index (χ2v) is 4.29. The lowest BCUT2D eigenvalue weighted by Gasteiger charge is -2.22. The van der Waals surface area contributed by atoms with Gasteiger partial charge < -0.3 is 5.32 Å². The van der Waals surface area contributed by atoms with E-state index in [9.17, 15) is 0 Å². The van der Waals surface area contributed by atoms with Gasteiger partial charge in [0, 0.05) is 22.4 Å². The van der Waals surface area contributed by atoms with E-state index in [1.54, 1.807) is 0 Å². The summed E-state index contributed by atoms with van der Waals surface area (Å²) in [4.78, 5) is 1.38. The van der Waals surface area contributed by atoms with Crippen LogP contribution in [0.4, 0.5) is 5.69 Å². The number of benzene rings is 1. The molecule has 2 rings (SSSR count). The number of hydrogen-bond donors (Lipinski definition) is 1. The minimum atomic E-state index is 0.699. The molecule has 1 aliphatic heterocycles. The molecule has 0 unspecified atom stereocenters. The van der Waals surface area contributed by atoms with E-state index >= 15 is 0 Å². The summed E-state index contributed by atoms with van der Waals surface area (Å²) in [6.45, 7) is 3.33. The largest absolute Gasteiger partial charge is 0.383 e. The van der Waals surface area contributed by atoms with Crippen LogP contribution in [0.5, 0.6) is 0 Å². The lowest BCUT2D eigenvalue weighted by molar-refractivity contribution is 0.975. The first-order valence-electron chi connectivity index (χ1n) is 3.86. The quantitative estimate of drug-likeness (QED) is 0.634. The van der Waals surface area contributed by atoms with Crippen LogP contribution in [0, 0.1) is 0 Å². The molecule has 1 N–H and O–H groups in total. The number of hydrogen-bond acceptors (Lipinski definition) is 2. The molecule has 0 amide bonds. The summed E-state index contributed by atoms with van der Waals surface area (Å²) >= 11 is 1.95. The van der Waals surface area contributed by atoms with Crippen LogP contribution in [0.25, 0.3) is 0 Å². The molecule has 0 bridgehead atoms. The molecule has 1 aliphatic rings. The van der Waals surface area contributed by atoms with Gasteiger partial charge in [-0.25, -0.2) is 0 Å². The summed E-state index contributed by atoms with van der Waals surface area (Å²) < 4.78 is 0. The minimum absolute atomic E-state index is 0.699. The molecule has 58 valence electrons. The third-order valence-corrected chi connectivity index (χ3v) is 2.97. The van der Waals surface area contributed by atoms with E-state index in [4.69, 9.17) is 0 Å². The lowest BCUT2D eigenvalue weighted by atomic mass is 10.3. The number of nitrogens with one attached hydrogen (secondary N) is 1. The van der Waals surface area contributed by atoms with Crippen LogP contribution in [-0.4, -0.2) is 11.8 Å². The average Bonchev–Trinajstić information content (AvgIpc) is 2.04. The zero-order chi connectivity index (χ0) is 7.68. The number of rotatable bonds is 0. The fourth-order valence-corrected chi connectivity index (χ4v) is 2.25. The van der Waals surface area contributed by atoms with Crippen LogP contribution in [0.3, 0.4) is 0 Å². The van der Waals surface area contributed by atoms with Gasteiger partial charge in [-0.05, 0) is 12.1 Å². The molecule has 1 aromatic carbocycles. The van der Waals surface area contributed by atoms with E-state index < -0.39 is 0 Å². The van der Waals surface area contributed by atoms with Gasteiger partial charge in [0.1, 0.15) is 0 Å². The number of thioether (sulfide) groups is 1. The summed E-state index contributed by atoms with van der Waals surface area (Å²) in [5.74, 6) is 0. The third-order valence-electron chi connectivity index (χ3n) is 1.80. The van der Waals surface area contributed by atoms with E-state index in [0.29, 0.717) is 5.25 Å². The summed E-state index contributed by atoms with van der Waals surface area (Å²) in [6, 6.07) is 8.46. The Hall–Kier alpha value is -0.630. The van der Waals surface area contributed by atoms with E-state index in [0.717, 1.165) is 6.54 Å². The molecule has 2 heteroatoms. The predicted octanol–water partition coefficient (Wildman–Crippen LogP) is 2.59. The molecule has 0 spiro atoms. The van der Waals surface area contributed by atoms with Crippen molar-refractivity contribution in [3.63, 3.8) is 0 Å². The van der Waals surface area contributed by atoms with Crippen molar-refractivity contribution in [3.05, 3.63) is 24.3 Å². The maximum atomic E-state index is 3.39. The summed E-state index contributed by atoms with van der Waals surface area (Å²) in [5.41, 5.74) is 1.29.